The van der Waals surface area contributed by atoms with Gasteiger partial charge in [-0.15, -0.1) is 0 Å². The molecule has 2 N–H and O–H groups in total. The molecule has 1 fully saturated rings. The first-order valence-corrected chi connectivity index (χ1v) is 4.47. The Balaban J connectivity index is 2.28. The van der Waals surface area contributed by atoms with Crippen molar-refractivity contribution in [2.45, 2.75) is 13.0 Å². The number of nitrogens with one attached hydrogen (secondary N) is 2. The van der Waals surface area contributed by atoms with Gasteiger partial charge in [0.1, 0.15) is 5.82 Å². The van der Waals surface area contributed by atoms with E-state index in [0.717, 1.165) is 5.56 Å². The van der Waals surface area contributed by atoms with Crippen molar-refractivity contribution in [3.05, 3.63) is 35.1 Å². The fourth-order valence-corrected chi connectivity index (χ4v) is 1.56. The highest BCUT2D eigenvalue weighted by atomic mass is 19.1. The Labute approximate surface area is 81.3 Å². The van der Waals surface area contributed by atoms with E-state index in [0.29, 0.717) is 12.1 Å². The molecule has 1 atom stereocenters. The van der Waals surface area contributed by atoms with Gasteiger partial charge in [0, 0.05) is 12.1 Å². The average molecular weight is 194 g/mol. The van der Waals surface area contributed by atoms with Crippen molar-refractivity contribution < 1.29 is 9.18 Å². The van der Waals surface area contributed by atoms with Crippen LogP contribution in [0.5, 0.6) is 0 Å². The Hall–Kier alpha value is -1.58. The molecule has 1 aliphatic rings. The largest absolute Gasteiger partial charge is 0.336 e. The SMILES string of the molecule is Cc1ccc([C@H]2CNC(=O)N2)c(F)c1. The zero-order valence-corrected chi connectivity index (χ0v) is 7.80. The van der Waals surface area contributed by atoms with Crippen molar-refractivity contribution in [2.75, 3.05) is 6.54 Å². The summed E-state index contributed by atoms with van der Waals surface area (Å²) in [5.41, 5.74) is 1.41. The number of amides is 2. The second-order valence-corrected chi connectivity index (χ2v) is 3.43. The van der Waals surface area contributed by atoms with Crippen molar-refractivity contribution >= 4 is 6.03 Å². The van der Waals surface area contributed by atoms with Crippen molar-refractivity contribution in [1.29, 1.82) is 0 Å². The van der Waals surface area contributed by atoms with Crippen LogP contribution in [0.4, 0.5) is 9.18 Å². The van der Waals surface area contributed by atoms with Gasteiger partial charge in [0.2, 0.25) is 0 Å². The molecule has 2 amide bonds. The van der Waals surface area contributed by atoms with Gasteiger partial charge in [-0.2, -0.15) is 0 Å². The highest BCUT2D eigenvalue weighted by Gasteiger charge is 2.23. The van der Waals surface area contributed by atoms with E-state index < -0.39 is 0 Å². The van der Waals surface area contributed by atoms with E-state index in [1.165, 1.54) is 6.07 Å². The van der Waals surface area contributed by atoms with Gasteiger partial charge < -0.3 is 10.6 Å². The van der Waals surface area contributed by atoms with Crippen molar-refractivity contribution in [3.63, 3.8) is 0 Å². The highest BCUT2D eigenvalue weighted by molar-refractivity contribution is 5.76. The molecule has 1 aromatic rings. The van der Waals surface area contributed by atoms with Crippen LogP contribution in [-0.4, -0.2) is 12.6 Å². The van der Waals surface area contributed by atoms with Crippen LogP contribution in [0.15, 0.2) is 18.2 Å². The summed E-state index contributed by atoms with van der Waals surface area (Å²) in [7, 11) is 0. The summed E-state index contributed by atoms with van der Waals surface area (Å²) < 4.78 is 13.5. The molecular weight excluding hydrogens is 183 g/mol. The van der Waals surface area contributed by atoms with Crippen LogP contribution in [-0.2, 0) is 0 Å². The molecule has 4 heteroatoms. The third-order valence-electron chi connectivity index (χ3n) is 2.30. The van der Waals surface area contributed by atoms with E-state index in [-0.39, 0.29) is 17.9 Å². The number of aryl methyl sites for hydroxylation is 1. The molecular formula is C10H11FN2O. The van der Waals surface area contributed by atoms with Crippen LogP contribution in [0.2, 0.25) is 0 Å². The minimum atomic E-state index is -0.265. The molecule has 2 rings (SSSR count). The normalized spacial score (nSPS) is 20.4. The van der Waals surface area contributed by atoms with Gasteiger partial charge in [-0.3, -0.25) is 0 Å². The van der Waals surface area contributed by atoms with Crippen molar-refractivity contribution in [2.24, 2.45) is 0 Å². The Morgan fingerprint density at radius 2 is 2.29 bits per heavy atom. The van der Waals surface area contributed by atoms with Gasteiger partial charge in [0.05, 0.1) is 6.04 Å². The van der Waals surface area contributed by atoms with Crippen LogP contribution >= 0.6 is 0 Å². The number of hydrogen-bond donors (Lipinski definition) is 2. The fourth-order valence-electron chi connectivity index (χ4n) is 1.56. The van der Waals surface area contributed by atoms with Crippen LogP contribution in [0.3, 0.4) is 0 Å². The summed E-state index contributed by atoms with van der Waals surface area (Å²) in [5.74, 6) is -0.265. The van der Waals surface area contributed by atoms with E-state index in [9.17, 15) is 9.18 Å². The molecule has 14 heavy (non-hydrogen) atoms. The molecule has 1 heterocycles. The van der Waals surface area contributed by atoms with E-state index in [1.54, 1.807) is 6.07 Å². The Morgan fingerprint density at radius 3 is 2.86 bits per heavy atom. The van der Waals surface area contributed by atoms with Crippen LogP contribution in [0, 0.1) is 12.7 Å². The average Bonchev–Trinajstić information content (AvgIpc) is 2.51. The summed E-state index contributed by atoms with van der Waals surface area (Å²) in [5, 5.41) is 5.23. The molecule has 1 aliphatic heterocycles. The fraction of sp³-hybridized carbons (Fsp3) is 0.300. The van der Waals surface area contributed by atoms with E-state index in [4.69, 9.17) is 0 Å². The lowest BCUT2D eigenvalue weighted by atomic mass is 10.1. The van der Waals surface area contributed by atoms with Crippen molar-refractivity contribution in [1.82, 2.24) is 10.6 Å². The molecule has 0 saturated carbocycles. The molecule has 1 saturated heterocycles. The molecule has 0 unspecified atom stereocenters. The minimum Gasteiger partial charge on any atom is -0.336 e. The highest BCUT2D eigenvalue weighted by Crippen LogP contribution is 2.19. The molecule has 0 aromatic heterocycles. The number of rotatable bonds is 1. The number of halogens is 1. The summed E-state index contributed by atoms with van der Waals surface area (Å²) >= 11 is 0. The smallest absolute Gasteiger partial charge is 0.315 e. The quantitative estimate of drug-likeness (QED) is 0.698. The standard InChI is InChI=1S/C10H11FN2O/c1-6-2-3-7(8(11)4-6)9-5-12-10(14)13-9/h2-4,9H,5H2,1H3,(H2,12,13,14)/t9-/m1/s1. The van der Waals surface area contributed by atoms with Crippen LogP contribution in [0.1, 0.15) is 17.2 Å². The summed E-state index contributed by atoms with van der Waals surface area (Å²) in [6.07, 6.45) is 0. The third kappa shape index (κ3) is 1.55. The van der Waals surface area contributed by atoms with Crippen LogP contribution < -0.4 is 10.6 Å². The Bertz CT molecular complexity index is 378. The van der Waals surface area contributed by atoms with E-state index >= 15 is 0 Å². The van der Waals surface area contributed by atoms with E-state index in [1.807, 2.05) is 13.0 Å². The lowest BCUT2D eigenvalue weighted by Crippen LogP contribution is -2.22. The summed E-state index contributed by atoms with van der Waals surface area (Å²) in [6.45, 7) is 2.27. The monoisotopic (exact) mass is 194 g/mol. The number of benzene rings is 1. The lowest BCUT2D eigenvalue weighted by Gasteiger charge is -2.10. The summed E-state index contributed by atoms with van der Waals surface area (Å²) in [4.78, 5) is 10.9. The Morgan fingerprint density at radius 1 is 1.50 bits per heavy atom. The number of carbonyl (C=O) groups is 1. The summed E-state index contributed by atoms with van der Waals surface area (Å²) in [6, 6.07) is 4.53. The van der Waals surface area contributed by atoms with Gasteiger partial charge in [-0.05, 0) is 18.6 Å². The Kier molecular flexibility index (Phi) is 2.11. The first-order valence-electron chi connectivity index (χ1n) is 4.47. The predicted molar refractivity (Wildman–Crippen MR) is 50.4 cm³/mol. The molecule has 0 aliphatic carbocycles. The van der Waals surface area contributed by atoms with Gasteiger partial charge >= 0.3 is 6.03 Å². The maximum absolute atomic E-state index is 13.5. The molecule has 0 spiro atoms. The third-order valence-corrected chi connectivity index (χ3v) is 2.30. The molecule has 1 aromatic carbocycles. The maximum Gasteiger partial charge on any atom is 0.315 e. The first kappa shape index (κ1) is 8.99. The maximum atomic E-state index is 13.5. The van der Waals surface area contributed by atoms with Gasteiger partial charge in [-0.25, -0.2) is 9.18 Å². The minimum absolute atomic E-state index is 0.241. The van der Waals surface area contributed by atoms with E-state index in [2.05, 4.69) is 10.6 Å². The van der Waals surface area contributed by atoms with Crippen LogP contribution in [0.25, 0.3) is 0 Å². The predicted octanol–water partition coefficient (Wildman–Crippen LogP) is 1.49. The van der Waals surface area contributed by atoms with Gasteiger partial charge in [-0.1, -0.05) is 12.1 Å². The zero-order valence-electron chi connectivity index (χ0n) is 7.80. The molecule has 3 nitrogen and oxygen atoms in total. The number of hydrogen-bond acceptors (Lipinski definition) is 1. The zero-order chi connectivity index (χ0) is 10.1. The molecule has 74 valence electrons. The lowest BCUT2D eigenvalue weighted by molar-refractivity contribution is 0.247. The first-order chi connectivity index (χ1) is 6.66. The molecule has 0 radical (unpaired) electrons. The number of carbonyl (C=O) groups excluding carboxylic acids is 1. The van der Waals surface area contributed by atoms with Gasteiger partial charge in [0.25, 0.3) is 0 Å². The second kappa shape index (κ2) is 3.29. The second-order valence-electron chi connectivity index (χ2n) is 3.43. The molecule has 0 bridgehead atoms. The topological polar surface area (TPSA) is 41.1 Å². The van der Waals surface area contributed by atoms with Crippen molar-refractivity contribution in [3.8, 4) is 0 Å². The number of urea groups is 1. The van der Waals surface area contributed by atoms with Gasteiger partial charge in [0.15, 0.2) is 0 Å².